The summed E-state index contributed by atoms with van der Waals surface area (Å²) in [5.74, 6) is 0.843. The summed E-state index contributed by atoms with van der Waals surface area (Å²) in [5.41, 5.74) is 1.10. The van der Waals surface area contributed by atoms with E-state index in [9.17, 15) is 4.79 Å². The van der Waals surface area contributed by atoms with E-state index < -0.39 is 0 Å². The number of halogens is 1. The van der Waals surface area contributed by atoms with Crippen molar-refractivity contribution >= 4 is 23.3 Å². The lowest BCUT2D eigenvalue weighted by Gasteiger charge is -2.27. The van der Waals surface area contributed by atoms with Crippen molar-refractivity contribution < 1.29 is 4.79 Å². The van der Waals surface area contributed by atoms with Crippen LogP contribution in [0.15, 0.2) is 30.7 Å². The average Bonchev–Trinajstić information content (AvgIpc) is 3.16. The van der Waals surface area contributed by atoms with Crippen LogP contribution in [-0.4, -0.2) is 45.7 Å². The zero-order chi connectivity index (χ0) is 16.4. The molecule has 0 spiro atoms. The third-order valence-corrected chi connectivity index (χ3v) is 4.38. The van der Waals surface area contributed by atoms with Gasteiger partial charge in [0.2, 0.25) is 5.91 Å². The number of likely N-dealkylation sites (tertiary alicyclic amines) is 1. The van der Waals surface area contributed by atoms with Gasteiger partial charge in [0.25, 0.3) is 0 Å². The molecule has 2 aromatic rings. The first-order valence-corrected chi connectivity index (χ1v) is 8.03. The van der Waals surface area contributed by atoms with Gasteiger partial charge in [0.1, 0.15) is 5.82 Å². The predicted octanol–water partition coefficient (Wildman–Crippen LogP) is 2.27. The first kappa shape index (κ1) is 15.8. The third kappa shape index (κ3) is 3.47. The number of aryl methyl sites for hydroxylation is 1. The molecule has 0 radical (unpaired) electrons. The number of anilines is 1. The highest BCUT2D eigenvalue weighted by Gasteiger charge is 2.31. The Kier molecular flexibility index (Phi) is 4.52. The SMILES string of the molecule is CN(CC(=O)N1CCC[C@H]1c1cnn(C)c1)c1ccc(Cl)cn1. The topological polar surface area (TPSA) is 54.3 Å². The predicted molar refractivity (Wildman–Crippen MR) is 89.4 cm³/mol. The second kappa shape index (κ2) is 6.58. The van der Waals surface area contributed by atoms with Gasteiger partial charge in [-0.3, -0.25) is 9.48 Å². The number of nitrogens with zero attached hydrogens (tertiary/aromatic N) is 5. The van der Waals surface area contributed by atoms with Crippen LogP contribution in [0.25, 0.3) is 0 Å². The third-order valence-electron chi connectivity index (χ3n) is 4.16. The normalized spacial score (nSPS) is 17.5. The van der Waals surface area contributed by atoms with Crippen molar-refractivity contribution in [3.63, 3.8) is 0 Å². The molecule has 1 aliphatic heterocycles. The van der Waals surface area contributed by atoms with E-state index in [-0.39, 0.29) is 11.9 Å². The Balaban J connectivity index is 1.68. The molecule has 1 fully saturated rings. The Labute approximate surface area is 140 Å². The van der Waals surface area contributed by atoms with E-state index in [1.54, 1.807) is 16.9 Å². The van der Waals surface area contributed by atoms with Gasteiger partial charge in [0.05, 0.1) is 23.8 Å². The average molecular weight is 334 g/mol. The minimum atomic E-state index is 0.107. The summed E-state index contributed by atoms with van der Waals surface area (Å²) in [6.07, 6.45) is 7.43. The quantitative estimate of drug-likeness (QED) is 0.861. The number of amides is 1. The summed E-state index contributed by atoms with van der Waals surface area (Å²) in [6, 6.07) is 3.72. The van der Waals surface area contributed by atoms with E-state index in [0.29, 0.717) is 11.6 Å². The van der Waals surface area contributed by atoms with E-state index in [1.807, 2.05) is 42.4 Å². The van der Waals surface area contributed by atoms with Crippen molar-refractivity contribution in [1.82, 2.24) is 19.7 Å². The lowest BCUT2D eigenvalue weighted by atomic mass is 10.1. The largest absolute Gasteiger partial charge is 0.350 e. The number of carbonyl (C=O) groups is 1. The summed E-state index contributed by atoms with van der Waals surface area (Å²) in [7, 11) is 3.76. The van der Waals surface area contributed by atoms with Crippen molar-refractivity contribution in [2.75, 3.05) is 25.0 Å². The van der Waals surface area contributed by atoms with Crippen molar-refractivity contribution in [2.24, 2.45) is 7.05 Å². The van der Waals surface area contributed by atoms with E-state index >= 15 is 0 Å². The first-order chi connectivity index (χ1) is 11.0. The Morgan fingerprint density at radius 2 is 2.26 bits per heavy atom. The summed E-state index contributed by atoms with van der Waals surface area (Å²) in [4.78, 5) is 20.7. The van der Waals surface area contributed by atoms with Crippen molar-refractivity contribution in [3.8, 4) is 0 Å². The molecule has 1 atom stereocenters. The summed E-state index contributed by atoms with van der Waals surface area (Å²) >= 11 is 5.85. The molecule has 0 N–H and O–H groups in total. The van der Waals surface area contributed by atoms with Gasteiger partial charge < -0.3 is 9.80 Å². The lowest BCUT2D eigenvalue weighted by Crippen LogP contribution is -2.38. The fourth-order valence-corrected chi connectivity index (χ4v) is 3.10. The van der Waals surface area contributed by atoms with Crippen LogP contribution in [0.1, 0.15) is 24.4 Å². The molecular weight excluding hydrogens is 314 g/mol. The maximum Gasteiger partial charge on any atom is 0.242 e. The summed E-state index contributed by atoms with van der Waals surface area (Å²) in [5, 5.41) is 4.81. The van der Waals surface area contributed by atoms with Crippen molar-refractivity contribution in [3.05, 3.63) is 41.3 Å². The van der Waals surface area contributed by atoms with E-state index in [0.717, 1.165) is 30.8 Å². The van der Waals surface area contributed by atoms with E-state index in [1.165, 1.54) is 0 Å². The number of pyridine rings is 1. The second-order valence-electron chi connectivity index (χ2n) is 5.88. The van der Waals surface area contributed by atoms with Gasteiger partial charge in [-0.25, -0.2) is 4.98 Å². The van der Waals surface area contributed by atoms with Gasteiger partial charge >= 0.3 is 0 Å². The molecule has 23 heavy (non-hydrogen) atoms. The van der Waals surface area contributed by atoms with Crippen LogP contribution < -0.4 is 4.90 Å². The van der Waals surface area contributed by atoms with Crippen molar-refractivity contribution in [1.29, 1.82) is 0 Å². The summed E-state index contributed by atoms with van der Waals surface area (Å²) in [6.45, 7) is 1.09. The molecule has 2 aromatic heterocycles. The van der Waals surface area contributed by atoms with Crippen LogP contribution in [0.4, 0.5) is 5.82 Å². The smallest absolute Gasteiger partial charge is 0.242 e. The fraction of sp³-hybridized carbons (Fsp3) is 0.438. The van der Waals surface area contributed by atoms with Crippen LogP contribution in [0, 0.1) is 0 Å². The highest BCUT2D eigenvalue weighted by atomic mass is 35.5. The molecule has 1 amide bonds. The fourth-order valence-electron chi connectivity index (χ4n) is 2.99. The van der Waals surface area contributed by atoms with Gasteiger partial charge in [-0.15, -0.1) is 0 Å². The highest BCUT2D eigenvalue weighted by Crippen LogP contribution is 2.31. The Morgan fingerprint density at radius 1 is 1.43 bits per heavy atom. The standard InChI is InChI=1S/C16H20ClN5O/c1-20(15-6-5-13(17)9-18-15)11-16(23)22-7-3-4-14(22)12-8-19-21(2)10-12/h5-6,8-10,14H,3-4,7,11H2,1-2H3/t14-/m0/s1. The zero-order valence-electron chi connectivity index (χ0n) is 13.3. The van der Waals surface area contributed by atoms with Crippen LogP contribution >= 0.6 is 11.6 Å². The zero-order valence-corrected chi connectivity index (χ0v) is 14.1. The van der Waals surface area contributed by atoms with Crippen LogP contribution in [0.2, 0.25) is 5.02 Å². The maximum absolute atomic E-state index is 12.7. The van der Waals surface area contributed by atoms with Crippen LogP contribution in [0.5, 0.6) is 0 Å². The lowest BCUT2D eigenvalue weighted by molar-refractivity contribution is -0.130. The summed E-state index contributed by atoms with van der Waals surface area (Å²) < 4.78 is 1.78. The minimum Gasteiger partial charge on any atom is -0.350 e. The monoisotopic (exact) mass is 333 g/mol. The Morgan fingerprint density at radius 3 is 2.91 bits per heavy atom. The molecule has 122 valence electrons. The van der Waals surface area contributed by atoms with Crippen LogP contribution in [0.3, 0.4) is 0 Å². The van der Waals surface area contributed by atoms with Gasteiger partial charge in [0, 0.05) is 38.6 Å². The number of aromatic nitrogens is 3. The molecule has 0 bridgehead atoms. The molecule has 0 aromatic carbocycles. The molecule has 3 heterocycles. The Bertz CT molecular complexity index is 684. The molecule has 0 unspecified atom stereocenters. The molecule has 7 heteroatoms. The molecule has 1 saturated heterocycles. The number of carbonyl (C=O) groups excluding carboxylic acids is 1. The molecule has 3 rings (SSSR count). The molecule has 0 saturated carbocycles. The number of hydrogen-bond donors (Lipinski definition) is 0. The molecule has 1 aliphatic rings. The first-order valence-electron chi connectivity index (χ1n) is 7.65. The number of likely N-dealkylation sites (N-methyl/N-ethyl adjacent to an activating group) is 1. The molecule has 6 nitrogen and oxygen atoms in total. The van der Waals surface area contributed by atoms with Crippen LogP contribution in [-0.2, 0) is 11.8 Å². The van der Waals surface area contributed by atoms with Gasteiger partial charge in [-0.2, -0.15) is 5.10 Å². The second-order valence-corrected chi connectivity index (χ2v) is 6.32. The Hall–Kier alpha value is -2.08. The minimum absolute atomic E-state index is 0.107. The number of hydrogen-bond acceptors (Lipinski definition) is 4. The molecule has 0 aliphatic carbocycles. The van der Waals surface area contributed by atoms with Gasteiger partial charge in [-0.05, 0) is 25.0 Å². The number of rotatable bonds is 4. The maximum atomic E-state index is 12.7. The molecular formula is C16H20ClN5O. The highest BCUT2D eigenvalue weighted by molar-refractivity contribution is 6.30. The van der Waals surface area contributed by atoms with E-state index in [4.69, 9.17) is 11.6 Å². The van der Waals surface area contributed by atoms with Crippen molar-refractivity contribution in [2.45, 2.75) is 18.9 Å². The van der Waals surface area contributed by atoms with Gasteiger partial charge in [0.15, 0.2) is 0 Å². The van der Waals surface area contributed by atoms with E-state index in [2.05, 4.69) is 10.1 Å². The van der Waals surface area contributed by atoms with Gasteiger partial charge in [-0.1, -0.05) is 11.6 Å².